The van der Waals surface area contributed by atoms with Crippen molar-refractivity contribution in [2.75, 3.05) is 0 Å². The quantitative estimate of drug-likeness (QED) is 0.799. The minimum Gasteiger partial charge on any atom is -0.305 e. The minimum absolute atomic E-state index is 0.0687. The molecule has 2 heteroatoms. The van der Waals surface area contributed by atoms with Gasteiger partial charge in [-0.05, 0) is 32.3 Å². The van der Waals surface area contributed by atoms with Gasteiger partial charge in [-0.15, -0.1) is 0 Å². The Balaban J connectivity index is 2.19. The van der Waals surface area contributed by atoms with E-state index in [0.717, 1.165) is 24.8 Å². The van der Waals surface area contributed by atoms with Crippen LogP contribution in [0.2, 0.25) is 0 Å². The van der Waals surface area contributed by atoms with Crippen molar-refractivity contribution < 1.29 is 4.39 Å². The summed E-state index contributed by atoms with van der Waals surface area (Å²) in [5.41, 5.74) is 0.770. The maximum atomic E-state index is 13.6. The third-order valence-electron chi connectivity index (χ3n) is 3.27. The summed E-state index contributed by atoms with van der Waals surface area (Å²) in [5.74, 6) is -0.0780. The van der Waals surface area contributed by atoms with E-state index in [0.29, 0.717) is 6.04 Å². The van der Waals surface area contributed by atoms with E-state index in [1.165, 1.54) is 0 Å². The van der Waals surface area contributed by atoms with Gasteiger partial charge >= 0.3 is 0 Å². The highest BCUT2D eigenvalue weighted by atomic mass is 19.1. The lowest BCUT2D eigenvalue weighted by molar-refractivity contribution is 0.417. The molecule has 82 valence electrons. The van der Waals surface area contributed by atoms with Gasteiger partial charge in [0.2, 0.25) is 0 Å². The Morgan fingerprint density at radius 1 is 1.40 bits per heavy atom. The smallest absolute Gasteiger partial charge is 0.128 e. The summed E-state index contributed by atoms with van der Waals surface area (Å²) in [6, 6.07) is 7.56. The normalized spacial score (nSPS) is 19.9. The predicted octanol–water partition coefficient (Wildman–Crippen LogP) is 3.20. The van der Waals surface area contributed by atoms with Crippen LogP contribution in [-0.4, -0.2) is 6.04 Å². The zero-order valence-electron chi connectivity index (χ0n) is 9.39. The Hall–Kier alpha value is -0.890. The minimum atomic E-state index is -0.0780. The van der Waals surface area contributed by atoms with Crippen LogP contribution in [0.4, 0.5) is 4.39 Å². The van der Waals surface area contributed by atoms with Crippen LogP contribution in [0.5, 0.6) is 0 Å². The van der Waals surface area contributed by atoms with Crippen LogP contribution in [0.1, 0.15) is 38.7 Å². The van der Waals surface area contributed by atoms with Crippen LogP contribution in [0, 0.1) is 5.82 Å². The van der Waals surface area contributed by atoms with Crippen LogP contribution >= 0.6 is 0 Å². The number of rotatable bonds is 4. The van der Waals surface area contributed by atoms with Crippen LogP contribution in [0.3, 0.4) is 0 Å². The zero-order valence-corrected chi connectivity index (χ0v) is 9.39. The van der Waals surface area contributed by atoms with E-state index in [-0.39, 0.29) is 11.4 Å². The molecule has 2 rings (SSSR count). The third-order valence-corrected chi connectivity index (χ3v) is 3.27. The Labute approximate surface area is 90.7 Å². The molecule has 0 aliphatic heterocycles. The molecule has 0 aromatic heterocycles. The molecule has 1 aliphatic rings. The average Bonchev–Trinajstić information content (AvgIpc) is 2.99. The summed E-state index contributed by atoms with van der Waals surface area (Å²) in [6.45, 7) is 4.30. The molecule has 1 fully saturated rings. The topological polar surface area (TPSA) is 12.0 Å². The Bertz CT molecular complexity index is 344. The van der Waals surface area contributed by atoms with Gasteiger partial charge in [0, 0.05) is 17.1 Å². The van der Waals surface area contributed by atoms with Crippen molar-refractivity contribution in [1.82, 2.24) is 5.32 Å². The van der Waals surface area contributed by atoms with Crippen molar-refractivity contribution in [1.29, 1.82) is 0 Å². The molecule has 1 N–H and O–H groups in total. The first-order valence-electron chi connectivity index (χ1n) is 5.70. The van der Waals surface area contributed by atoms with Crippen LogP contribution in [0.25, 0.3) is 0 Å². The molecule has 0 saturated heterocycles. The summed E-state index contributed by atoms with van der Waals surface area (Å²) < 4.78 is 13.6. The first-order valence-corrected chi connectivity index (χ1v) is 5.70. The molecule has 1 aliphatic carbocycles. The molecular formula is C13H18FN. The number of halogens is 1. The van der Waals surface area contributed by atoms with Crippen LogP contribution in [-0.2, 0) is 5.54 Å². The van der Waals surface area contributed by atoms with Crippen molar-refractivity contribution in [2.45, 2.75) is 44.7 Å². The van der Waals surface area contributed by atoms with Gasteiger partial charge in [0.05, 0.1) is 0 Å². The van der Waals surface area contributed by atoms with Crippen molar-refractivity contribution in [2.24, 2.45) is 0 Å². The largest absolute Gasteiger partial charge is 0.305 e. The van der Waals surface area contributed by atoms with Crippen molar-refractivity contribution in [3.8, 4) is 0 Å². The van der Waals surface area contributed by atoms with E-state index in [9.17, 15) is 4.39 Å². The highest BCUT2D eigenvalue weighted by Crippen LogP contribution is 2.46. The summed E-state index contributed by atoms with van der Waals surface area (Å²) in [7, 11) is 0. The molecule has 0 amide bonds. The van der Waals surface area contributed by atoms with Crippen molar-refractivity contribution in [3.05, 3.63) is 35.6 Å². The van der Waals surface area contributed by atoms with E-state index in [2.05, 4.69) is 19.2 Å². The summed E-state index contributed by atoms with van der Waals surface area (Å²) in [5, 5.41) is 3.53. The second-order valence-corrected chi connectivity index (χ2v) is 4.52. The lowest BCUT2D eigenvalue weighted by atomic mass is 10.0. The maximum Gasteiger partial charge on any atom is 0.128 e. The molecule has 1 saturated carbocycles. The fourth-order valence-electron chi connectivity index (χ4n) is 2.04. The number of benzene rings is 1. The number of nitrogens with one attached hydrogen (secondary N) is 1. The fraction of sp³-hybridized carbons (Fsp3) is 0.538. The van der Waals surface area contributed by atoms with E-state index in [1.54, 1.807) is 12.1 Å². The molecule has 1 nitrogen and oxygen atoms in total. The Morgan fingerprint density at radius 3 is 2.60 bits per heavy atom. The lowest BCUT2D eigenvalue weighted by Crippen LogP contribution is -2.36. The van der Waals surface area contributed by atoms with Gasteiger partial charge in [-0.1, -0.05) is 25.1 Å². The summed E-state index contributed by atoms with van der Waals surface area (Å²) in [6.07, 6.45) is 3.19. The van der Waals surface area contributed by atoms with Gasteiger partial charge in [0.25, 0.3) is 0 Å². The van der Waals surface area contributed by atoms with Gasteiger partial charge < -0.3 is 5.32 Å². The molecule has 15 heavy (non-hydrogen) atoms. The second kappa shape index (κ2) is 3.93. The number of hydrogen-bond donors (Lipinski definition) is 1. The molecule has 0 spiro atoms. The first kappa shape index (κ1) is 10.6. The van der Waals surface area contributed by atoms with E-state index < -0.39 is 0 Å². The van der Waals surface area contributed by atoms with Gasteiger partial charge in [-0.2, -0.15) is 0 Å². The monoisotopic (exact) mass is 207 g/mol. The van der Waals surface area contributed by atoms with Crippen molar-refractivity contribution >= 4 is 0 Å². The van der Waals surface area contributed by atoms with Gasteiger partial charge in [-0.25, -0.2) is 4.39 Å². The van der Waals surface area contributed by atoms with E-state index in [1.807, 2.05) is 12.1 Å². The Morgan fingerprint density at radius 2 is 2.07 bits per heavy atom. The second-order valence-electron chi connectivity index (χ2n) is 4.52. The van der Waals surface area contributed by atoms with Crippen molar-refractivity contribution in [3.63, 3.8) is 0 Å². The highest BCUT2D eigenvalue weighted by molar-refractivity contribution is 5.31. The Kier molecular flexibility index (Phi) is 2.79. The highest BCUT2D eigenvalue weighted by Gasteiger charge is 2.46. The fourth-order valence-corrected chi connectivity index (χ4v) is 2.04. The van der Waals surface area contributed by atoms with Gasteiger partial charge in [-0.3, -0.25) is 0 Å². The lowest BCUT2D eigenvalue weighted by Gasteiger charge is -2.22. The molecule has 0 bridgehead atoms. The summed E-state index contributed by atoms with van der Waals surface area (Å²) in [4.78, 5) is 0. The first-order chi connectivity index (χ1) is 7.18. The molecule has 1 aromatic rings. The van der Waals surface area contributed by atoms with Crippen LogP contribution < -0.4 is 5.32 Å². The predicted molar refractivity (Wildman–Crippen MR) is 60.2 cm³/mol. The number of hydrogen-bond acceptors (Lipinski definition) is 1. The van der Waals surface area contributed by atoms with E-state index in [4.69, 9.17) is 0 Å². The molecular weight excluding hydrogens is 189 g/mol. The van der Waals surface area contributed by atoms with Gasteiger partial charge in [0.15, 0.2) is 0 Å². The molecule has 1 aromatic carbocycles. The maximum absolute atomic E-state index is 13.6. The van der Waals surface area contributed by atoms with Gasteiger partial charge in [0.1, 0.15) is 5.82 Å². The third kappa shape index (κ3) is 2.05. The molecule has 1 unspecified atom stereocenters. The SMILES string of the molecule is CCC(C)NC1(c2ccccc2F)CC1. The van der Waals surface area contributed by atoms with Crippen LogP contribution in [0.15, 0.2) is 24.3 Å². The molecule has 0 heterocycles. The van der Waals surface area contributed by atoms with E-state index >= 15 is 0 Å². The standard InChI is InChI=1S/C13H18FN/c1-3-10(2)15-13(8-9-13)11-6-4-5-7-12(11)14/h4-7,10,15H,3,8-9H2,1-2H3. The average molecular weight is 207 g/mol. The molecule has 0 radical (unpaired) electrons. The summed E-state index contributed by atoms with van der Waals surface area (Å²) >= 11 is 0. The zero-order chi connectivity index (χ0) is 10.9. The molecule has 1 atom stereocenters.